The highest BCUT2D eigenvalue weighted by molar-refractivity contribution is 5.86. The first-order valence-electron chi connectivity index (χ1n) is 11.6. The van der Waals surface area contributed by atoms with Gasteiger partial charge in [0.1, 0.15) is 17.2 Å². The summed E-state index contributed by atoms with van der Waals surface area (Å²) in [6.07, 6.45) is 3.00. The van der Waals surface area contributed by atoms with Crippen molar-refractivity contribution in [1.29, 1.82) is 0 Å². The topological polar surface area (TPSA) is 106 Å². The second-order valence-electron chi connectivity index (χ2n) is 10.9. The first kappa shape index (κ1) is 26.2. The van der Waals surface area contributed by atoms with Crippen LogP contribution < -0.4 is 10.6 Å². The summed E-state index contributed by atoms with van der Waals surface area (Å²) in [4.78, 5) is 39.8. The lowest BCUT2D eigenvalue weighted by Crippen LogP contribution is -2.63. The van der Waals surface area contributed by atoms with Gasteiger partial charge in [0.15, 0.2) is 0 Å². The van der Waals surface area contributed by atoms with Gasteiger partial charge in [0.2, 0.25) is 5.91 Å². The van der Waals surface area contributed by atoms with E-state index in [0.29, 0.717) is 6.61 Å². The Kier molecular flexibility index (Phi) is 8.42. The van der Waals surface area contributed by atoms with Crippen LogP contribution in [-0.2, 0) is 19.0 Å². The summed E-state index contributed by atoms with van der Waals surface area (Å²) in [6.45, 7) is 13.5. The average molecular weight is 456 g/mol. The van der Waals surface area contributed by atoms with Crippen molar-refractivity contribution in [1.82, 2.24) is 15.5 Å². The van der Waals surface area contributed by atoms with Crippen LogP contribution in [-0.4, -0.2) is 71.6 Å². The van der Waals surface area contributed by atoms with Crippen LogP contribution in [0.25, 0.3) is 0 Å². The Labute approximate surface area is 191 Å². The maximum atomic E-state index is 13.2. The normalized spacial score (nSPS) is 23.8. The summed E-state index contributed by atoms with van der Waals surface area (Å²) in [5.41, 5.74) is -1.85. The third-order valence-corrected chi connectivity index (χ3v) is 5.57. The van der Waals surface area contributed by atoms with Gasteiger partial charge in [-0.2, -0.15) is 0 Å². The molecule has 0 aromatic heterocycles. The molecule has 1 aliphatic carbocycles. The van der Waals surface area contributed by atoms with E-state index >= 15 is 0 Å². The fraction of sp³-hybridized carbons (Fsp3) is 0.870. The van der Waals surface area contributed by atoms with Crippen LogP contribution in [0, 0.1) is 0 Å². The summed E-state index contributed by atoms with van der Waals surface area (Å²) < 4.78 is 16.6. The molecule has 1 saturated carbocycles. The molecule has 9 nitrogen and oxygen atoms in total. The summed E-state index contributed by atoms with van der Waals surface area (Å²) in [6, 6.07) is -0.805. The highest BCUT2D eigenvalue weighted by Gasteiger charge is 2.42. The molecule has 0 aromatic rings. The third-order valence-electron chi connectivity index (χ3n) is 5.57. The molecular weight excluding hydrogens is 414 g/mol. The number of morpholine rings is 1. The van der Waals surface area contributed by atoms with E-state index in [2.05, 4.69) is 10.6 Å². The Morgan fingerprint density at radius 1 is 1.00 bits per heavy atom. The van der Waals surface area contributed by atoms with Crippen molar-refractivity contribution in [2.24, 2.45) is 0 Å². The molecule has 9 heteroatoms. The molecule has 0 bridgehead atoms. The molecule has 32 heavy (non-hydrogen) atoms. The lowest BCUT2D eigenvalue weighted by Gasteiger charge is -2.41. The van der Waals surface area contributed by atoms with E-state index in [1.54, 1.807) is 27.7 Å². The standard InChI is InChI=1S/C23H41N3O6/c1-16-17(26(13-14-30-16)20(29)32-22(5,6)7)18(27)24-15-23(11-9-8-10-12-23)25-19(28)31-21(2,3)4/h16-17H,8-15H2,1-7H3,(H,24,27)(H,25,28)/t16-,17+/m1/s1. The Morgan fingerprint density at radius 3 is 2.16 bits per heavy atom. The van der Waals surface area contributed by atoms with Gasteiger partial charge in [0.05, 0.1) is 18.2 Å². The predicted molar refractivity (Wildman–Crippen MR) is 120 cm³/mol. The minimum Gasteiger partial charge on any atom is -0.444 e. The summed E-state index contributed by atoms with van der Waals surface area (Å²) >= 11 is 0. The molecule has 0 radical (unpaired) electrons. The number of alkyl carbamates (subject to hydrolysis) is 1. The zero-order valence-corrected chi connectivity index (χ0v) is 20.7. The van der Waals surface area contributed by atoms with Gasteiger partial charge in [-0.3, -0.25) is 9.69 Å². The lowest BCUT2D eigenvalue weighted by molar-refractivity contribution is -0.138. The number of hydrogen-bond acceptors (Lipinski definition) is 6. The van der Waals surface area contributed by atoms with E-state index in [1.807, 2.05) is 20.8 Å². The Morgan fingerprint density at radius 2 is 1.59 bits per heavy atom. The molecule has 1 saturated heterocycles. The smallest absolute Gasteiger partial charge is 0.411 e. The SMILES string of the molecule is C[C@H]1OCCN(C(=O)OC(C)(C)C)[C@@H]1C(=O)NCC1(NC(=O)OC(C)(C)C)CCCCC1. The van der Waals surface area contributed by atoms with Crippen LogP contribution in [0.5, 0.6) is 0 Å². The number of nitrogens with one attached hydrogen (secondary N) is 2. The van der Waals surface area contributed by atoms with E-state index in [4.69, 9.17) is 14.2 Å². The van der Waals surface area contributed by atoms with Gasteiger partial charge in [-0.15, -0.1) is 0 Å². The molecular formula is C23H41N3O6. The van der Waals surface area contributed by atoms with Crippen LogP contribution >= 0.6 is 0 Å². The first-order chi connectivity index (χ1) is 14.7. The molecule has 2 rings (SSSR count). The second kappa shape index (κ2) is 10.3. The molecule has 2 N–H and O–H groups in total. The minimum absolute atomic E-state index is 0.260. The average Bonchev–Trinajstić information content (AvgIpc) is 2.63. The van der Waals surface area contributed by atoms with E-state index in [1.165, 1.54) is 4.90 Å². The molecule has 0 spiro atoms. The predicted octanol–water partition coefficient (Wildman–Crippen LogP) is 3.35. The van der Waals surface area contributed by atoms with E-state index in [0.717, 1.165) is 32.1 Å². The van der Waals surface area contributed by atoms with E-state index < -0.39 is 41.1 Å². The van der Waals surface area contributed by atoms with Crippen LogP contribution in [0.15, 0.2) is 0 Å². The van der Waals surface area contributed by atoms with Gasteiger partial charge >= 0.3 is 12.2 Å². The largest absolute Gasteiger partial charge is 0.444 e. The summed E-state index contributed by atoms with van der Waals surface area (Å²) in [7, 11) is 0. The number of rotatable bonds is 4. The number of nitrogens with zero attached hydrogens (tertiary/aromatic N) is 1. The molecule has 2 aliphatic rings. The van der Waals surface area contributed by atoms with Gasteiger partial charge in [0, 0.05) is 13.1 Å². The number of amides is 3. The molecule has 3 amide bonds. The fourth-order valence-electron chi connectivity index (χ4n) is 4.16. The maximum absolute atomic E-state index is 13.2. The van der Waals surface area contributed by atoms with Crippen LogP contribution in [0.2, 0.25) is 0 Å². The summed E-state index contributed by atoms with van der Waals surface area (Å²) in [5, 5.41) is 5.98. The van der Waals surface area contributed by atoms with Crippen molar-refractivity contribution in [3.05, 3.63) is 0 Å². The minimum atomic E-state index is -0.805. The Balaban J connectivity index is 2.09. The van der Waals surface area contributed by atoms with Crippen LogP contribution in [0.3, 0.4) is 0 Å². The fourth-order valence-corrected chi connectivity index (χ4v) is 4.16. The zero-order valence-electron chi connectivity index (χ0n) is 20.7. The van der Waals surface area contributed by atoms with Gasteiger partial charge in [-0.05, 0) is 61.3 Å². The number of ether oxygens (including phenoxy) is 3. The molecule has 1 heterocycles. The number of hydrogen-bond donors (Lipinski definition) is 2. The molecule has 0 unspecified atom stereocenters. The van der Waals surface area contributed by atoms with E-state index in [9.17, 15) is 14.4 Å². The number of carbonyl (C=O) groups is 3. The quantitative estimate of drug-likeness (QED) is 0.673. The molecule has 184 valence electrons. The van der Waals surface area contributed by atoms with Gasteiger partial charge in [0.25, 0.3) is 0 Å². The van der Waals surface area contributed by atoms with Gasteiger partial charge < -0.3 is 24.8 Å². The number of carbonyl (C=O) groups excluding carboxylic acids is 3. The van der Waals surface area contributed by atoms with Crippen molar-refractivity contribution in [2.45, 2.75) is 109 Å². The van der Waals surface area contributed by atoms with Gasteiger partial charge in [-0.25, -0.2) is 9.59 Å². The highest BCUT2D eigenvalue weighted by atomic mass is 16.6. The van der Waals surface area contributed by atoms with Crippen molar-refractivity contribution in [3.63, 3.8) is 0 Å². The summed E-state index contributed by atoms with van der Waals surface area (Å²) in [5.74, 6) is -0.320. The second-order valence-corrected chi connectivity index (χ2v) is 10.9. The first-order valence-corrected chi connectivity index (χ1v) is 11.6. The molecule has 2 fully saturated rings. The molecule has 0 aromatic carbocycles. The van der Waals surface area contributed by atoms with Crippen molar-refractivity contribution >= 4 is 18.1 Å². The molecule has 2 atom stereocenters. The van der Waals surface area contributed by atoms with Crippen LogP contribution in [0.1, 0.15) is 80.6 Å². The van der Waals surface area contributed by atoms with Crippen molar-refractivity contribution in [2.75, 3.05) is 19.7 Å². The molecule has 1 aliphatic heterocycles. The zero-order chi connectivity index (χ0) is 24.2. The van der Waals surface area contributed by atoms with Crippen molar-refractivity contribution in [3.8, 4) is 0 Å². The van der Waals surface area contributed by atoms with E-state index in [-0.39, 0.29) is 19.0 Å². The van der Waals surface area contributed by atoms with Gasteiger partial charge in [-0.1, -0.05) is 19.3 Å². The highest BCUT2D eigenvalue weighted by Crippen LogP contribution is 2.28. The van der Waals surface area contributed by atoms with Crippen molar-refractivity contribution < 1.29 is 28.6 Å². The Hall–Kier alpha value is -2.03. The maximum Gasteiger partial charge on any atom is 0.411 e. The lowest BCUT2D eigenvalue weighted by atomic mass is 9.81. The third kappa shape index (κ3) is 7.83. The Bertz CT molecular complexity index is 676. The van der Waals surface area contributed by atoms with Crippen LogP contribution in [0.4, 0.5) is 9.59 Å². The monoisotopic (exact) mass is 455 g/mol.